The molecule has 0 bridgehead atoms. The van der Waals surface area contributed by atoms with Crippen LogP contribution < -0.4 is 4.72 Å². The van der Waals surface area contributed by atoms with Crippen LogP contribution >= 0.6 is 11.6 Å². The molecule has 0 aliphatic carbocycles. The Bertz CT molecular complexity index is 763. The normalized spacial score (nSPS) is 12.2. The van der Waals surface area contributed by atoms with Gasteiger partial charge in [-0.1, -0.05) is 23.7 Å². The number of hydrogen-bond acceptors (Lipinski definition) is 3. The fourth-order valence-electron chi connectivity index (χ4n) is 1.60. The number of rotatable bonds is 3. The van der Waals surface area contributed by atoms with E-state index in [1.165, 1.54) is 24.4 Å². The summed E-state index contributed by atoms with van der Waals surface area (Å²) in [4.78, 5) is 2.77. The minimum atomic E-state index is -4.79. The van der Waals surface area contributed by atoms with Crippen molar-refractivity contribution < 1.29 is 21.6 Å². The Morgan fingerprint density at radius 2 is 1.76 bits per heavy atom. The first-order chi connectivity index (χ1) is 9.72. The van der Waals surface area contributed by atoms with E-state index in [1.807, 2.05) is 4.72 Å². The van der Waals surface area contributed by atoms with Crippen molar-refractivity contribution in [3.63, 3.8) is 0 Å². The van der Waals surface area contributed by atoms with Gasteiger partial charge in [-0.3, -0.25) is 4.72 Å². The Labute approximate surface area is 123 Å². The van der Waals surface area contributed by atoms with Crippen LogP contribution in [0.1, 0.15) is 5.56 Å². The predicted molar refractivity (Wildman–Crippen MR) is 71.5 cm³/mol. The summed E-state index contributed by atoms with van der Waals surface area (Å²) in [5.74, 6) is 0. The van der Waals surface area contributed by atoms with Gasteiger partial charge in [-0.25, -0.2) is 13.4 Å². The summed E-state index contributed by atoms with van der Waals surface area (Å²) in [6.45, 7) is 0. The smallest absolute Gasteiger partial charge is 0.276 e. The first-order valence-electron chi connectivity index (χ1n) is 5.51. The number of hydrogen-bond donors (Lipinski definition) is 1. The molecular weight excluding hydrogens is 329 g/mol. The summed E-state index contributed by atoms with van der Waals surface area (Å²) in [7, 11) is -4.44. The molecule has 1 aromatic heterocycles. The minimum absolute atomic E-state index is 0.101. The fraction of sp³-hybridized carbons (Fsp3) is 0.0833. The predicted octanol–water partition coefficient (Wildman–Crippen LogP) is 3.55. The highest BCUT2D eigenvalue weighted by Crippen LogP contribution is 2.34. The van der Waals surface area contributed by atoms with Gasteiger partial charge in [0.1, 0.15) is 0 Å². The molecule has 0 spiro atoms. The van der Waals surface area contributed by atoms with Crippen molar-refractivity contribution in [1.29, 1.82) is 0 Å². The standard InChI is InChI=1S/C12H8ClF3N2O2S/c13-11-9(5-3-7-17-11)18-21(19,20)10-6-2-1-4-8(10)12(14,15)16/h1-7,18H. The van der Waals surface area contributed by atoms with Crippen LogP contribution in [0, 0.1) is 0 Å². The Hall–Kier alpha value is -1.80. The van der Waals surface area contributed by atoms with Crippen LogP contribution in [0.25, 0.3) is 0 Å². The maximum absolute atomic E-state index is 12.9. The molecule has 0 saturated carbocycles. The molecule has 1 N–H and O–H groups in total. The summed E-state index contributed by atoms with van der Waals surface area (Å²) in [6.07, 6.45) is -3.46. The largest absolute Gasteiger partial charge is 0.417 e. The quantitative estimate of drug-likeness (QED) is 0.872. The zero-order valence-electron chi connectivity index (χ0n) is 10.2. The van der Waals surface area contributed by atoms with Crippen LogP contribution in [0.15, 0.2) is 47.5 Å². The number of alkyl halides is 3. The molecule has 4 nitrogen and oxygen atoms in total. The van der Waals surface area contributed by atoms with Gasteiger partial charge in [-0.05, 0) is 24.3 Å². The summed E-state index contributed by atoms with van der Waals surface area (Å²) in [5.41, 5.74) is -1.35. The lowest BCUT2D eigenvalue weighted by Crippen LogP contribution is -2.19. The number of nitrogens with zero attached hydrogens (tertiary/aromatic N) is 1. The third kappa shape index (κ3) is 3.45. The molecule has 0 amide bonds. The van der Waals surface area contributed by atoms with E-state index in [9.17, 15) is 21.6 Å². The number of benzene rings is 1. The maximum atomic E-state index is 12.9. The number of anilines is 1. The average Bonchev–Trinajstić information content (AvgIpc) is 2.40. The van der Waals surface area contributed by atoms with Gasteiger partial charge in [0, 0.05) is 6.20 Å². The van der Waals surface area contributed by atoms with Gasteiger partial charge in [0.05, 0.1) is 16.1 Å². The zero-order valence-corrected chi connectivity index (χ0v) is 11.8. The van der Waals surface area contributed by atoms with Gasteiger partial charge in [0.25, 0.3) is 10.0 Å². The highest BCUT2D eigenvalue weighted by atomic mass is 35.5. The molecule has 0 unspecified atom stereocenters. The summed E-state index contributed by atoms with van der Waals surface area (Å²) < 4.78 is 64.8. The highest BCUT2D eigenvalue weighted by Gasteiger charge is 2.37. The second-order valence-electron chi connectivity index (χ2n) is 3.94. The van der Waals surface area contributed by atoms with Crippen molar-refractivity contribution in [3.8, 4) is 0 Å². The van der Waals surface area contributed by atoms with Crippen LogP contribution in [-0.2, 0) is 16.2 Å². The lowest BCUT2D eigenvalue weighted by Gasteiger charge is -2.14. The number of nitrogens with one attached hydrogen (secondary N) is 1. The molecular formula is C12H8ClF3N2O2S. The molecule has 0 saturated heterocycles. The second kappa shape index (κ2) is 5.53. The van der Waals surface area contributed by atoms with Crippen molar-refractivity contribution in [2.45, 2.75) is 11.1 Å². The molecule has 21 heavy (non-hydrogen) atoms. The van der Waals surface area contributed by atoms with Crippen LogP contribution in [0.4, 0.5) is 18.9 Å². The number of halogens is 4. The molecule has 0 radical (unpaired) electrons. The molecule has 0 aliphatic rings. The zero-order chi connectivity index (χ0) is 15.7. The Morgan fingerprint density at radius 3 is 2.38 bits per heavy atom. The molecule has 112 valence electrons. The Kier molecular flexibility index (Phi) is 4.11. The van der Waals surface area contributed by atoms with Crippen molar-refractivity contribution >= 4 is 27.3 Å². The molecule has 0 aliphatic heterocycles. The van der Waals surface area contributed by atoms with Gasteiger partial charge in [-0.15, -0.1) is 0 Å². The lowest BCUT2D eigenvalue weighted by molar-refractivity contribution is -0.139. The first-order valence-corrected chi connectivity index (χ1v) is 7.37. The van der Waals surface area contributed by atoms with E-state index >= 15 is 0 Å². The highest BCUT2D eigenvalue weighted by molar-refractivity contribution is 7.92. The number of pyridine rings is 1. The van der Waals surface area contributed by atoms with Gasteiger partial charge >= 0.3 is 6.18 Å². The monoisotopic (exact) mass is 336 g/mol. The van der Waals surface area contributed by atoms with Crippen LogP contribution in [-0.4, -0.2) is 13.4 Å². The summed E-state index contributed by atoms with van der Waals surface area (Å²) >= 11 is 5.69. The minimum Gasteiger partial charge on any atom is -0.276 e. The molecule has 0 fully saturated rings. The van der Waals surface area contributed by atoms with Gasteiger partial charge in [0.15, 0.2) is 5.15 Å². The van der Waals surface area contributed by atoms with E-state index in [1.54, 1.807) is 0 Å². The number of aromatic nitrogens is 1. The first kappa shape index (κ1) is 15.6. The average molecular weight is 337 g/mol. The third-order valence-electron chi connectivity index (χ3n) is 2.49. The molecule has 1 heterocycles. The van der Waals surface area contributed by atoms with Gasteiger partial charge < -0.3 is 0 Å². The fourth-order valence-corrected chi connectivity index (χ4v) is 3.11. The van der Waals surface area contributed by atoms with Crippen molar-refractivity contribution in [2.75, 3.05) is 4.72 Å². The topological polar surface area (TPSA) is 59.1 Å². The summed E-state index contributed by atoms with van der Waals surface area (Å²) in [6, 6.07) is 6.57. The summed E-state index contributed by atoms with van der Waals surface area (Å²) in [5, 5.41) is -0.162. The van der Waals surface area contributed by atoms with Crippen LogP contribution in [0.3, 0.4) is 0 Å². The molecule has 9 heteroatoms. The Balaban J connectivity index is 2.49. The molecule has 1 aromatic carbocycles. The Morgan fingerprint density at radius 1 is 1.10 bits per heavy atom. The van der Waals surface area contributed by atoms with Crippen molar-refractivity contribution in [3.05, 3.63) is 53.3 Å². The SMILES string of the molecule is O=S(=O)(Nc1cccnc1Cl)c1ccccc1C(F)(F)F. The van der Waals surface area contributed by atoms with E-state index in [0.29, 0.717) is 6.07 Å². The van der Waals surface area contributed by atoms with E-state index in [2.05, 4.69) is 4.98 Å². The number of sulfonamides is 1. The van der Waals surface area contributed by atoms with Crippen LogP contribution in [0.2, 0.25) is 5.15 Å². The lowest BCUT2D eigenvalue weighted by atomic mass is 10.2. The molecule has 2 aromatic rings. The van der Waals surface area contributed by atoms with Gasteiger partial charge in [-0.2, -0.15) is 13.2 Å². The van der Waals surface area contributed by atoms with E-state index in [4.69, 9.17) is 11.6 Å². The van der Waals surface area contributed by atoms with Gasteiger partial charge in [0.2, 0.25) is 0 Å². The van der Waals surface area contributed by atoms with E-state index in [0.717, 1.165) is 12.1 Å². The van der Waals surface area contributed by atoms with E-state index in [-0.39, 0.29) is 10.8 Å². The second-order valence-corrected chi connectivity index (χ2v) is 5.95. The maximum Gasteiger partial charge on any atom is 0.417 e. The van der Waals surface area contributed by atoms with E-state index < -0.39 is 26.7 Å². The van der Waals surface area contributed by atoms with Crippen molar-refractivity contribution in [2.24, 2.45) is 0 Å². The van der Waals surface area contributed by atoms with Crippen LogP contribution in [0.5, 0.6) is 0 Å². The molecule has 0 atom stereocenters. The van der Waals surface area contributed by atoms with Crippen molar-refractivity contribution in [1.82, 2.24) is 4.98 Å². The third-order valence-corrected chi connectivity index (χ3v) is 4.21. The molecule has 2 rings (SSSR count).